The molecule has 1 N–H and O–H groups in total. The van der Waals surface area contributed by atoms with Crippen molar-refractivity contribution in [2.75, 3.05) is 5.32 Å². The van der Waals surface area contributed by atoms with Crippen molar-refractivity contribution in [1.29, 1.82) is 0 Å². The second-order valence-corrected chi connectivity index (χ2v) is 6.45. The van der Waals surface area contributed by atoms with Crippen LogP contribution in [0.4, 0.5) is 18.9 Å². The van der Waals surface area contributed by atoms with Crippen molar-refractivity contribution >= 4 is 23.2 Å². The number of carbonyl (C=O) groups excluding carboxylic acids is 1. The van der Waals surface area contributed by atoms with E-state index in [0.717, 1.165) is 29.8 Å². The molecule has 8 heteroatoms. The van der Waals surface area contributed by atoms with Gasteiger partial charge in [-0.05, 0) is 54.1 Å². The van der Waals surface area contributed by atoms with Crippen molar-refractivity contribution in [2.24, 2.45) is 0 Å². The van der Waals surface area contributed by atoms with Gasteiger partial charge in [0, 0.05) is 16.9 Å². The summed E-state index contributed by atoms with van der Waals surface area (Å²) in [4.78, 5) is 25.0. The summed E-state index contributed by atoms with van der Waals surface area (Å²) in [5.41, 5.74) is -0.467. The third-order valence-electron chi connectivity index (χ3n) is 4.00. The van der Waals surface area contributed by atoms with Gasteiger partial charge in [-0.1, -0.05) is 23.7 Å². The molecule has 0 spiro atoms. The maximum atomic E-state index is 12.6. The van der Waals surface area contributed by atoms with Gasteiger partial charge in [-0.3, -0.25) is 9.59 Å². The van der Waals surface area contributed by atoms with Crippen LogP contribution in [0.2, 0.25) is 5.02 Å². The maximum absolute atomic E-state index is 12.6. The summed E-state index contributed by atoms with van der Waals surface area (Å²) in [7, 11) is 0. The van der Waals surface area contributed by atoms with Crippen LogP contribution in [-0.2, 0) is 12.7 Å². The summed E-state index contributed by atoms with van der Waals surface area (Å²) >= 11 is 5.84. The SMILES string of the molecule is O=C(Nc1ccc(C(F)(F)F)cc1)c1cccn(Cc2ccc(Cl)cc2)c1=O. The number of hydrogen-bond donors (Lipinski definition) is 1. The standard InChI is InChI=1S/C20H14ClF3N2O2/c21-15-7-3-13(4-8-15)12-26-11-1-2-17(19(26)28)18(27)25-16-9-5-14(6-10-16)20(22,23)24/h1-11H,12H2,(H,25,27). The Morgan fingerprint density at radius 2 is 1.64 bits per heavy atom. The van der Waals surface area contributed by atoms with Crippen LogP contribution in [0.1, 0.15) is 21.5 Å². The van der Waals surface area contributed by atoms with Crippen LogP contribution in [0.15, 0.2) is 71.7 Å². The Morgan fingerprint density at radius 1 is 1.00 bits per heavy atom. The minimum absolute atomic E-state index is 0.114. The highest BCUT2D eigenvalue weighted by Crippen LogP contribution is 2.29. The fraction of sp³-hybridized carbons (Fsp3) is 0.100. The van der Waals surface area contributed by atoms with Crippen LogP contribution in [0.5, 0.6) is 0 Å². The minimum atomic E-state index is -4.46. The van der Waals surface area contributed by atoms with Crippen LogP contribution < -0.4 is 10.9 Å². The van der Waals surface area contributed by atoms with Gasteiger partial charge in [0.1, 0.15) is 5.56 Å². The highest BCUT2D eigenvalue weighted by atomic mass is 35.5. The number of halogens is 4. The number of benzene rings is 2. The van der Waals surface area contributed by atoms with E-state index in [-0.39, 0.29) is 17.8 Å². The molecule has 1 heterocycles. The minimum Gasteiger partial charge on any atom is -0.322 e. The van der Waals surface area contributed by atoms with Gasteiger partial charge >= 0.3 is 6.18 Å². The van der Waals surface area contributed by atoms with E-state index >= 15 is 0 Å². The van der Waals surface area contributed by atoms with E-state index in [1.54, 1.807) is 36.5 Å². The van der Waals surface area contributed by atoms with E-state index in [0.29, 0.717) is 5.02 Å². The Balaban J connectivity index is 1.78. The third-order valence-corrected chi connectivity index (χ3v) is 4.25. The summed E-state index contributed by atoms with van der Waals surface area (Å²) in [5.74, 6) is -0.699. The van der Waals surface area contributed by atoms with Gasteiger partial charge in [-0.15, -0.1) is 0 Å². The van der Waals surface area contributed by atoms with Gasteiger partial charge in [0.05, 0.1) is 12.1 Å². The molecule has 0 aliphatic rings. The molecule has 144 valence electrons. The fourth-order valence-electron chi connectivity index (χ4n) is 2.56. The third kappa shape index (κ3) is 4.61. The molecule has 1 aromatic heterocycles. The Hall–Kier alpha value is -3.06. The van der Waals surface area contributed by atoms with Crippen molar-refractivity contribution in [3.63, 3.8) is 0 Å². The molecule has 28 heavy (non-hydrogen) atoms. The molecule has 2 aromatic carbocycles. The molecule has 0 aliphatic carbocycles. The molecule has 3 rings (SSSR count). The Morgan fingerprint density at radius 3 is 2.25 bits per heavy atom. The molecule has 3 aromatic rings. The van der Waals surface area contributed by atoms with E-state index in [2.05, 4.69) is 5.32 Å². The molecular weight excluding hydrogens is 393 g/mol. The summed E-state index contributed by atoms with van der Waals surface area (Å²) in [6.07, 6.45) is -2.91. The average molecular weight is 407 g/mol. The van der Waals surface area contributed by atoms with Crippen molar-refractivity contribution in [1.82, 2.24) is 4.57 Å². The first-order chi connectivity index (χ1) is 13.2. The molecule has 0 atom stereocenters. The van der Waals surface area contributed by atoms with Crippen molar-refractivity contribution in [3.05, 3.63) is 98.9 Å². The predicted molar refractivity (Wildman–Crippen MR) is 101 cm³/mol. The zero-order valence-corrected chi connectivity index (χ0v) is 15.1. The number of aromatic nitrogens is 1. The van der Waals surface area contributed by atoms with Crippen LogP contribution in [0.25, 0.3) is 0 Å². The molecule has 0 saturated heterocycles. The second kappa shape index (κ2) is 7.90. The highest BCUT2D eigenvalue weighted by molar-refractivity contribution is 6.30. The van der Waals surface area contributed by atoms with E-state index in [1.165, 1.54) is 10.6 Å². The molecule has 0 bridgehead atoms. The summed E-state index contributed by atoms with van der Waals surface area (Å²) in [5, 5.41) is 3.01. The Labute approximate surface area is 163 Å². The first-order valence-corrected chi connectivity index (χ1v) is 8.54. The van der Waals surface area contributed by atoms with Crippen molar-refractivity contribution in [2.45, 2.75) is 12.7 Å². The quantitative estimate of drug-likeness (QED) is 0.675. The average Bonchev–Trinajstić information content (AvgIpc) is 2.65. The largest absolute Gasteiger partial charge is 0.416 e. The van der Waals surface area contributed by atoms with E-state index in [1.807, 2.05) is 0 Å². The molecular formula is C20H14ClF3N2O2. The fourth-order valence-corrected chi connectivity index (χ4v) is 2.69. The monoisotopic (exact) mass is 406 g/mol. The number of anilines is 1. The molecule has 0 saturated carbocycles. The number of alkyl halides is 3. The van der Waals surface area contributed by atoms with E-state index in [9.17, 15) is 22.8 Å². The lowest BCUT2D eigenvalue weighted by Crippen LogP contribution is -2.29. The Kier molecular flexibility index (Phi) is 5.56. The number of rotatable bonds is 4. The van der Waals surface area contributed by atoms with Crippen LogP contribution in [0.3, 0.4) is 0 Å². The van der Waals surface area contributed by atoms with Gasteiger partial charge in [-0.25, -0.2) is 0 Å². The number of amides is 1. The molecule has 0 unspecified atom stereocenters. The van der Waals surface area contributed by atoms with Gasteiger partial charge in [0.25, 0.3) is 11.5 Å². The van der Waals surface area contributed by atoms with Crippen molar-refractivity contribution < 1.29 is 18.0 Å². The van der Waals surface area contributed by atoms with Gasteiger partial charge in [-0.2, -0.15) is 13.2 Å². The summed E-state index contributed by atoms with van der Waals surface area (Å²) in [6, 6.07) is 13.8. The summed E-state index contributed by atoms with van der Waals surface area (Å²) in [6.45, 7) is 0.247. The smallest absolute Gasteiger partial charge is 0.322 e. The van der Waals surface area contributed by atoms with Gasteiger partial charge in [0.15, 0.2) is 0 Å². The summed E-state index contributed by atoms with van der Waals surface area (Å²) < 4.78 is 39.2. The highest BCUT2D eigenvalue weighted by Gasteiger charge is 2.30. The van der Waals surface area contributed by atoms with Crippen LogP contribution in [0, 0.1) is 0 Å². The van der Waals surface area contributed by atoms with Crippen LogP contribution >= 0.6 is 11.6 Å². The number of nitrogens with zero attached hydrogens (tertiary/aromatic N) is 1. The normalized spacial score (nSPS) is 11.3. The zero-order chi connectivity index (χ0) is 20.3. The molecule has 0 fully saturated rings. The lowest BCUT2D eigenvalue weighted by Gasteiger charge is -2.10. The number of carbonyl (C=O) groups is 1. The number of nitrogens with one attached hydrogen (secondary N) is 1. The Bertz CT molecular complexity index is 1040. The first-order valence-electron chi connectivity index (χ1n) is 8.16. The lowest BCUT2D eigenvalue weighted by molar-refractivity contribution is -0.137. The van der Waals surface area contributed by atoms with Crippen LogP contribution in [-0.4, -0.2) is 10.5 Å². The van der Waals surface area contributed by atoms with Crippen molar-refractivity contribution in [3.8, 4) is 0 Å². The number of hydrogen-bond acceptors (Lipinski definition) is 2. The molecule has 0 aliphatic heterocycles. The molecule has 1 amide bonds. The van der Waals surface area contributed by atoms with Gasteiger partial charge < -0.3 is 9.88 Å². The lowest BCUT2D eigenvalue weighted by atomic mass is 10.2. The second-order valence-electron chi connectivity index (χ2n) is 6.01. The van der Waals surface area contributed by atoms with E-state index in [4.69, 9.17) is 11.6 Å². The number of pyridine rings is 1. The topological polar surface area (TPSA) is 51.1 Å². The first kappa shape index (κ1) is 19.7. The zero-order valence-electron chi connectivity index (χ0n) is 14.3. The predicted octanol–water partition coefficient (Wildman–Crippen LogP) is 4.82. The molecule has 4 nitrogen and oxygen atoms in total. The maximum Gasteiger partial charge on any atom is 0.416 e. The van der Waals surface area contributed by atoms with Gasteiger partial charge in [0.2, 0.25) is 0 Å². The van der Waals surface area contributed by atoms with E-state index < -0.39 is 23.2 Å². The molecule has 0 radical (unpaired) electrons.